The number of hydrogen-bond donors (Lipinski definition) is 0. The first-order valence-electron chi connectivity index (χ1n) is 7.90. The fraction of sp³-hybridized carbons (Fsp3) is 0.812. The van der Waals surface area contributed by atoms with Gasteiger partial charge in [-0.05, 0) is 39.0 Å². The molecule has 0 bridgehead atoms. The highest BCUT2D eigenvalue weighted by molar-refractivity contribution is 5.92. The van der Waals surface area contributed by atoms with E-state index in [1.807, 2.05) is 17.9 Å². The molecule has 2 saturated heterocycles. The Labute approximate surface area is 122 Å². The highest BCUT2D eigenvalue weighted by Gasteiger charge is 2.26. The molecule has 0 aromatic carbocycles. The van der Waals surface area contributed by atoms with Crippen LogP contribution in [0.25, 0.3) is 0 Å². The third-order valence-corrected chi connectivity index (χ3v) is 4.13. The molecule has 4 heteroatoms. The lowest BCUT2D eigenvalue weighted by Gasteiger charge is -2.35. The van der Waals surface area contributed by atoms with Crippen LogP contribution in [0.3, 0.4) is 0 Å². The monoisotopic (exact) mass is 281 g/mol. The van der Waals surface area contributed by atoms with Gasteiger partial charge in [0, 0.05) is 31.9 Å². The van der Waals surface area contributed by atoms with Crippen molar-refractivity contribution in [3.05, 3.63) is 11.6 Å². The summed E-state index contributed by atoms with van der Waals surface area (Å²) < 4.78 is 11.5. The Bertz CT molecular complexity index is 340. The Balaban J connectivity index is 1.74. The van der Waals surface area contributed by atoms with E-state index < -0.39 is 0 Å². The van der Waals surface area contributed by atoms with Crippen LogP contribution in [0.1, 0.15) is 46.0 Å². The Morgan fingerprint density at radius 2 is 1.80 bits per heavy atom. The number of rotatable bonds is 4. The molecule has 4 nitrogen and oxygen atoms in total. The third-order valence-electron chi connectivity index (χ3n) is 4.13. The number of ether oxygens (including phenoxy) is 2. The minimum atomic E-state index is 0.191. The summed E-state index contributed by atoms with van der Waals surface area (Å²) in [5, 5.41) is 0. The van der Waals surface area contributed by atoms with Crippen LogP contribution in [0.15, 0.2) is 11.6 Å². The van der Waals surface area contributed by atoms with Crippen molar-refractivity contribution in [1.82, 2.24) is 4.90 Å². The maximum atomic E-state index is 12.2. The molecule has 0 saturated carbocycles. The smallest absolute Gasteiger partial charge is 0.249 e. The van der Waals surface area contributed by atoms with E-state index in [4.69, 9.17) is 9.47 Å². The summed E-state index contributed by atoms with van der Waals surface area (Å²) in [6, 6.07) is 0. The summed E-state index contributed by atoms with van der Waals surface area (Å²) in [6.45, 7) is 7.26. The Kier molecular flexibility index (Phi) is 6.05. The average molecular weight is 281 g/mol. The van der Waals surface area contributed by atoms with E-state index >= 15 is 0 Å². The number of carbonyl (C=O) groups is 1. The first kappa shape index (κ1) is 15.5. The van der Waals surface area contributed by atoms with E-state index in [1.54, 1.807) is 0 Å². The molecule has 2 heterocycles. The van der Waals surface area contributed by atoms with Crippen LogP contribution in [-0.2, 0) is 14.3 Å². The summed E-state index contributed by atoms with van der Waals surface area (Å²) >= 11 is 0. The summed E-state index contributed by atoms with van der Waals surface area (Å²) in [6.07, 6.45) is 7.55. The first-order valence-corrected chi connectivity index (χ1v) is 7.90. The van der Waals surface area contributed by atoms with Gasteiger partial charge >= 0.3 is 0 Å². The number of allylic oxidation sites excluding steroid dienone is 1. The Morgan fingerprint density at radius 3 is 2.40 bits per heavy atom. The number of likely N-dealkylation sites (tertiary alicyclic amines) is 1. The van der Waals surface area contributed by atoms with E-state index in [0.29, 0.717) is 12.2 Å². The van der Waals surface area contributed by atoms with Crippen molar-refractivity contribution in [2.45, 2.75) is 58.2 Å². The van der Waals surface area contributed by atoms with Crippen LogP contribution in [0.4, 0.5) is 0 Å². The predicted octanol–water partition coefficient (Wildman–Crippen LogP) is 2.53. The molecule has 0 aromatic heterocycles. The SMILES string of the molecule is CCC=C(C)C(=O)N1CCC(OC2CCOCC2)CC1. The number of amides is 1. The van der Waals surface area contributed by atoms with Crippen LogP contribution in [0.5, 0.6) is 0 Å². The highest BCUT2D eigenvalue weighted by Crippen LogP contribution is 2.20. The maximum absolute atomic E-state index is 12.2. The largest absolute Gasteiger partial charge is 0.381 e. The fourth-order valence-electron chi connectivity index (χ4n) is 2.92. The van der Waals surface area contributed by atoms with Crippen molar-refractivity contribution < 1.29 is 14.3 Å². The van der Waals surface area contributed by atoms with Gasteiger partial charge in [-0.15, -0.1) is 0 Å². The molecule has 0 N–H and O–H groups in total. The first-order chi connectivity index (χ1) is 9.70. The lowest BCUT2D eigenvalue weighted by molar-refractivity contribution is -0.131. The Morgan fingerprint density at radius 1 is 1.20 bits per heavy atom. The maximum Gasteiger partial charge on any atom is 0.249 e. The molecule has 114 valence electrons. The number of carbonyl (C=O) groups excluding carboxylic acids is 1. The average Bonchev–Trinajstić information content (AvgIpc) is 2.48. The summed E-state index contributed by atoms with van der Waals surface area (Å²) in [7, 11) is 0. The van der Waals surface area contributed by atoms with Gasteiger partial charge in [0.05, 0.1) is 12.2 Å². The second kappa shape index (κ2) is 7.79. The predicted molar refractivity (Wildman–Crippen MR) is 78.6 cm³/mol. The molecule has 0 spiro atoms. The summed E-state index contributed by atoms with van der Waals surface area (Å²) in [4.78, 5) is 14.1. The molecule has 0 radical (unpaired) electrons. The quantitative estimate of drug-likeness (QED) is 0.743. The second-order valence-electron chi connectivity index (χ2n) is 5.73. The van der Waals surface area contributed by atoms with E-state index in [1.165, 1.54) is 0 Å². The van der Waals surface area contributed by atoms with Crippen LogP contribution < -0.4 is 0 Å². The zero-order valence-corrected chi connectivity index (χ0v) is 12.8. The third kappa shape index (κ3) is 4.32. The molecular formula is C16H27NO3. The second-order valence-corrected chi connectivity index (χ2v) is 5.73. The van der Waals surface area contributed by atoms with Crippen molar-refractivity contribution in [2.75, 3.05) is 26.3 Å². The molecule has 0 unspecified atom stereocenters. The van der Waals surface area contributed by atoms with E-state index in [2.05, 4.69) is 6.92 Å². The number of nitrogens with zero attached hydrogens (tertiary/aromatic N) is 1. The van der Waals surface area contributed by atoms with Gasteiger partial charge in [-0.25, -0.2) is 0 Å². The van der Waals surface area contributed by atoms with Gasteiger partial charge in [0.25, 0.3) is 0 Å². The van der Waals surface area contributed by atoms with Crippen molar-refractivity contribution in [2.24, 2.45) is 0 Å². The number of hydrogen-bond acceptors (Lipinski definition) is 3. The number of piperidine rings is 1. The summed E-state index contributed by atoms with van der Waals surface area (Å²) in [5.74, 6) is 0.191. The van der Waals surface area contributed by atoms with Crippen molar-refractivity contribution in [3.63, 3.8) is 0 Å². The molecule has 2 aliphatic heterocycles. The zero-order chi connectivity index (χ0) is 14.4. The van der Waals surface area contributed by atoms with Crippen molar-refractivity contribution in [3.8, 4) is 0 Å². The molecule has 2 aliphatic rings. The minimum Gasteiger partial charge on any atom is -0.381 e. The Hall–Kier alpha value is -0.870. The molecule has 20 heavy (non-hydrogen) atoms. The fourth-order valence-corrected chi connectivity index (χ4v) is 2.92. The van der Waals surface area contributed by atoms with Gasteiger partial charge in [0.1, 0.15) is 0 Å². The molecule has 0 aromatic rings. The molecule has 1 amide bonds. The summed E-state index contributed by atoms with van der Waals surface area (Å²) in [5.41, 5.74) is 0.872. The molecule has 2 fully saturated rings. The molecule has 0 aliphatic carbocycles. The van der Waals surface area contributed by atoms with Crippen molar-refractivity contribution in [1.29, 1.82) is 0 Å². The lowest BCUT2D eigenvalue weighted by atomic mass is 10.1. The standard InChI is InChI=1S/C16H27NO3/c1-3-4-13(2)16(18)17-9-5-14(6-10-17)20-15-7-11-19-12-8-15/h4,14-15H,3,5-12H2,1-2H3. The topological polar surface area (TPSA) is 38.8 Å². The normalized spacial score (nSPS) is 23.1. The van der Waals surface area contributed by atoms with Gasteiger partial charge < -0.3 is 14.4 Å². The van der Waals surface area contributed by atoms with Crippen LogP contribution in [-0.4, -0.2) is 49.3 Å². The van der Waals surface area contributed by atoms with E-state index in [0.717, 1.165) is 64.0 Å². The van der Waals surface area contributed by atoms with Crippen LogP contribution in [0.2, 0.25) is 0 Å². The van der Waals surface area contributed by atoms with Crippen molar-refractivity contribution >= 4 is 5.91 Å². The zero-order valence-electron chi connectivity index (χ0n) is 12.8. The van der Waals surface area contributed by atoms with Gasteiger partial charge in [-0.3, -0.25) is 4.79 Å². The van der Waals surface area contributed by atoms with Gasteiger partial charge in [-0.2, -0.15) is 0 Å². The van der Waals surface area contributed by atoms with Gasteiger partial charge in [-0.1, -0.05) is 13.0 Å². The lowest BCUT2D eigenvalue weighted by Crippen LogP contribution is -2.42. The van der Waals surface area contributed by atoms with Gasteiger partial charge in [0.2, 0.25) is 5.91 Å². The van der Waals surface area contributed by atoms with Crippen LogP contribution in [0, 0.1) is 0 Å². The van der Waals surface area contributed by atoms with E-state index in [9.17, 15) is 4.79 Å². The van der Waals surface area contributed by atoms with Crippen LogP contribution >= 0.6 is 0 Å². The molecule has 0 atom stereocenters. The molecule has 2 rings (SSSR count). The highest BCUT2D eigenvalue weighted by atomic mass is 16.5. The minimum absolute atomic E-state index is 0.191. The van der Waals surface area contributed by atoms with Gasteiger partial charge in [0.15, 0.2) is 0 Å². The molecular weight excluding hydrogens is 254 g/mol. The van der Waals surface area contributed by atoms with E-state index in [-0.39, 0.29) is 5.91 Å².